The number of fused-ring (bicyclic) bond motifs is 1. The third-order valence-electron chi connectivity index (χ3n) is 2.58. The van der Waals surface area contributed by atoms with Gasteiger partial charge in [-0.3, -0.25) is 9.59 Å². The molecule has 3 N–H and O–H groups in total. The lowest BCUT2D eigenvalue weighted by Crippen LogP contribution is -2.32. The Balaban J connectivity index is 2.53. The molecule has 0 bridgehead atoms. The van der Waals surface area contributed by atoms with Crippen molar-refractivity contribution in [1.29, 1.82) is 0 Å². The second-order valence-corrected chi connectivity index (χ2v) is 4.17. The number of aromatic nitrogens is 1. The number of carbonyl (C=O) groups is 1. The van der Waals surface area contributed by atoms with Gasteiger partial charge in [0.05, 0.1) is 5.52 Å². The molecule has 0 radical (unpaired) electrons. The molecule has 0 aliphatic heterocycles. The Labute approximate surface area is 120 Å². The third kappa shape index (κ3) is 3.40. The molecule has 0 fully saturated rings. The summed E-state index contributed by atoms with van der Waals surface area (Å²) in [6.45, 7) is -0.626. The average molecular weight is 318 g/mol. The predicted octanol–water partition coefficient (Wildman–Crippen LogP) is 1.23. The third-order valence-corrected chi connectivity index (χ3v) is 2.58. The molecule has 2 aromatic rings. The molecule has 1 aromatic carbocycles. The summed E-state index contributed by atoms with van der Waals surface area (Å²) in [6, 6.07) is 4.01. The largest absolute Gasteiger partial charge is 0.573 e. The summed E-state index contributed by atoms with van der Waals surface area (Å²) < 4.78 is 41.0. The molecule has 0 amide bonds. The molecule has 0 atom stereocenters. The standard InChI is InChI=1S/C12H9F3N2O5/c13-12(14,15)22-7-1-2-8-6(3-7)4-9(18)11(21)17(8)16-5-10(19)20/h1-4,16,18H,5H2,(H,19,20). The maximum absolute atomic E-state index is 12.2. The highest BCUT2D eigenvalue weighted by atomic mass is 19.4. The Bertz CT molecular complexity index is 785. The van der Waals surface area contributed by atoms with Crippen LogP contribution in [0.25, 0.3) is 10.9 Å². The first-order chi connectivity index (χ1) is 10.2. The number of nitrogens with one attached hydrogen (secondary N) is 1. The van der Waals surface area contributed by atoms with E-state index in [4.69, 9.17) is 5.11 Å². The van der Waals surface area contributed by atoms with Crippen LogP contribution < -0.4 is 15.7 Å². The summed E-state index contributed by atoms with van der Waals surface area (Å²) in [4.78, 5) is 22.3. The van der Waals surface area contributed by atoms with E-state index < -0.39 is 35.9 Å². The first-order valence-corrected chi connectivity index (χ1v) is 5.77. The molecule has 1 aromatic heterocycles. The van der Waals surface area contributed by atoms with E-state index in [9.17, 15) is 27.9 Å². The van der Waals surface area contributed by atoms with E-state index in [1.807, 2.05) is 0 Å². The molecule has 0 saturated carbocycles. The van der Waals surface area contributed by atoms with E-state index in [0.29, 0.717) is 0 Å². The fourth-order valence-electron chi connectivity index (χ4n) is 1.79. The summed E-state index contributed by atoms with van der Waals surface area (Å²) in [7, 11) is 0. The van der Waals surface area contributed by atoms with E-state index >= 15 is 0 Å². The predicted molar refractivity (Wildman–Crippen MR) is 68.4 cm³/mol. The number of hydrogen-bond acceptors (Lipinski definition) is 5. The van der Waals surface area contributed by atoms with Crippen LogP contribution in [0.5, 0.6) is 11.5 Å². The van der Waals surface area contributed by atoms with Crippen molar-refractivity contribution >= 4 is 16.9 Å². The number of carboxylic acid groups (broad SMARTS) is 1. The van der Waals surface area contributed by atoms with Crippen molar-refractivity contribution in [2.24, 2.45) is 0 Å². The number of alkyl halides is 3. The highest BCUT2D eigenvalue weighted by Crippen LogP contribution is 2.26. The summed E-state index contributed by atoms with van der Waals surface area (Å²) in [5.41, 5.74) is 1.40. The van der Waals surface area contributed by atoms with Gasteiger partial charge in [-0.05, 0) is 24.3 Å². The number of hydrogen-bond donors (Lipinski definition) is 3. The van der Waals surface area contributed by atoms with Gasteiger partial charge in [0, 0.05) is 5.39 Å². The highest BCUT2D eigenvalue weighted by molar-refractivity contribution is 5.82. The molecule has 2 rings (SSSR count). The summed E-state index contributed by atoms with van der Waals surface area (Å²) in [6.07, 6.45) is -4.88. The number of aliphatic carboxylic acids is 1. The van der Waals surface area contributed by atoms with Crippen molar-refractivity contribution in [3.05, 3.63) is 34.6 Å². The van der Waals surface area contributed by atoms with E-state index in [2.05, 4.69) is 10.2 Å². The van der Waals surface area contributed by atoms with Gasteiger partial charge in [0.2, 0.25) is 0 Å². The highest BCUT2D eigenvalue weighted by Gasteiger charge is 2.31. The lowest BCUT2D eigenvalue weighted by atomic mass is 10.2. The molecule has 10 heteroatoms. The van der Waals surface area contributed by atoms with Gasteiger partial charge in [-0.25, -0.2) is 4.68 Å². The Kier molecular flexibility index (Phi) is 3.85. The molecular weight excluding hydrogens is 309 g/mol. The van der Waals surface area contributed by atoms with Gasteiger partial charge in [0.25, 0.3) is 0 Å². The van der Waals surface area contributed by atoms with Crippen LogP contribution in [-0.4, -0.2) is 33.8 Å². The Morgan fingerprint density at radius 2 is 2.00 bits per heavy atom. The topological polar surface area (TPSA) is 101 Å². The van der Waals surface area contributed by atoms with Gasteiger partial charge in [-0.2, -0.15) is 0 Å². The zero-order valence-corrected chi connectivity index (χ0v) is 10.7. The van der Waals surface area contributed by atoms with Crippen molar-refractivity contribution in [3.8, 4) is 11.5 Å². The number of rotatable bonds is 4. The Morgan fingerprint density at radius 3 is 2.59 bits per heavy atom. The maximum Gasteiger partial charge on any atom is 0.573 e. The first kappa shape index (κ1) is 15.5. The SMILES string of the molecule is O=C(O)CNn1c(=O)c(O)cc2cc(OC(F)(F)F)ccc21. The minimum Gasteiger partial charge on any atom is -0.503 e. The Morgan fingerprint density at radius 1 is 1.32 bits per heavy atom. The number of pyridine rings is 1. The van der Waals surface area contributed by atoms with Gasteiger partial charge in [-0.15, -0.1) is 13.2 Å². The van der Waals surface area contributed by atoms with Gasteiger partial charge in [-0.1, -0.05) is 0 Å². The quantitative estimate of drug-likeness (QED) is 0.784. The van der Waals surface area contributed by atoms with Crippen molar-refractivity contribution in [1.82, 2.24) is 4.68 Å². The number of ether oxygens (including phenoxy) is 1. The van der Waals surface area contributed by atoms with Crippen LogP contribution in [0.3, 0.4) is 0 Å². The second kappa shape index (κ2) is 5.47. The normalized spacial score (nSPS) is 11.4. The number of aromatic hydroxyl groups is 1. The van der Waals surface area contributed by atoms with Crippen molar-refractivity contribution in [2.75, 3.05) is 12.0 Å². The smallest absolute Gasteiger partial charge is 0.503 e. The number of nitrogens with zero attached hydrogens (tertiary/aromatic N) is 1. The molecule has 0 unspecified atom stereocenters. The van der Waals surface area contributed by atoms with Gasteiger partial charge >= 0.3 is 17.9 Å². The average Bonchev–Trinajstić information content (AvgIpc) is 2.37. The van der Waals surface area contributed by atoms with E-state index in [1.54, 1.807) is 0 Å². The molecular formula is C12H9F3N2O5. The zero-order valence-electron chi connectivity index (χ0n) is 10.7. The van der Waals surface area contributed by atoms with Gasteiger partial charge < -0.3 is 20.4 Å². The second-order valence-electron chi connectivity index (χ2n) is 4.17. The summed E-state index contributed by atoms with van der Waals surface area (Å²) in [5, 5.41) is 18.1. The van der Waals surface area contributed by atoms with Crippen LogP contribution in [-0.2, 0) is 4.79 Å². The fraction of sp³-hybridized carbons (Fsp3) is 0.167. The van der Waals surface area contributed by atoms with Crippen LogP contribution in [0, 0.1) is 0 Å². The summed E-state index contributed by atoms with van der Waals surface area (Å²) >= 11 is 0. The first-order valence-electron chi connectivity index (χ1n) is 5.77. The van der Waals surface area contributed by atoms with E-state index in [0.717, 1.165) is 28.9 Å². The fourth-order valence-corrected chi connectivity index (χ4v) is 1.79. The molecule has 7 nitrogen and oxygen atoms in total. The number of halogens is 3. The summed E-state index contributed by atoms with van der Waals surface area (Å²) in [5.74, 6) is -2.56. The van der Waals surface area contributed by atoms with E-state index in [1.165, 1.54) is 0 Å². The molecule has 1 heterocycles. The lowest BCUT2D eigenvalue weighted by molar-refractivity contribution is -0.274. The van der Waals surface area contributed by atoms with Crippen LogP contribution >= 0.6 is 0 Å². The van der Waals surface area contributed by atoms with Crippen LogP contribution in [0.2, 0.25) is 0 Å². The van der Waals surface area contributed by atoms with Crippen molar-refractivity contribution < 1.29 is 32.9 Å². The monoisotopic (exact) mass is 318 g/mol. The van der Waals surface area contributed by atoms with Crippen molar-refractivity contribution in [2.45, 2.75) is 6.36 Å². The number of benzene rings is 1. The lowest BCUT2D eigenvalue weighted by Gasteiger charge is -2.14. The number of carboxylic acids is 1. The molecule has 0 saturated heterocycles. The zero-order chi connectivity index (χ0) is 16.5. The molecule has 22 heavy (non-hydrogen) atoms. The van der Waals surface area contributed by atoms with Crippen LogP contribution in [0.1, 0.15) is 0 Å². The Hall–Kier alpha value is -2.91. The maximum atomic E-state index is 12.2. The molecule has 0 aliphatic rings. The van der Waals surface area contributed by atoms with Crippen molar-refractivity contribution in [3.63, 3.8) is 0 Å². The van der Waals surface area contributed by atoms with Gasteiger partial charge in [0.15, 0.2) is 5.75 Å². The molecule has 118 valence electrons. The van der Waals surface area contributed by atoms with Gasteiger partial charge in [0.1, 0.15) is 12.3 Å². The molecule has 0 aliphatic carbocycles. The van der Waals surface area contributed by atoms with Crippen LogP contribution in [0.4, 0.5) is 13.2 Å². The molecule has 0 spiro atoms. The minimum absolute atomic E-state index is 0.0525. The van der Waals surface area contributed by atoms with Crippen LogP contribution in [0.15, 0.2) is 29.1 Å². The minimum atomic E-state index is -4.88. The van der Waals surface area contributed by atoms with E-state index in [-0.39, 0.29) is 10.9 Å².